The molecule has 6 aliphatic rings. The Bertz CT molecular complexity index is 1880. The minimum absolute atomic E-state index is 0.391. The Kier molecular flexibility index (Phi) is 5.51. The van der Waals surface area contributed by atoms with Crippen molar-refractivity contribution in [2.75, 3.05) is 0 Å². The van der Waals surface area contributed by atoms with E-state index in [9.17, 15) is 10.2 Å². The molecule has 42 heavy (non-hydrogen) atoms. The normalized spacial score (nSPS) is 29.4. The van der Waals surface area contributed by atoms with Gasteiger partial charge >= 0.3 is 0 Å². The smallest absolute Gasteiger partial charge is 0.141 e. The molecule has 8 rings (SSSR count). The zero-order valence-electron chi connectivity index (χ0n) is 24.1. The topological polar surface area (TPSA) is 40.5 Å². The van der Waals surface area contributed by atoms with Crippen LogP contribution in [0.2, 0.25) is 13.1 Å². The monoisotopic (exact) mass is 562 g/mol. The van der Waals surface area contributed by atoms with Gasteiger partial charge in [0.05, 0.1) is 0 Å². The highest BCUT2D eigenvalue weighted by Crippen LogP contribution is 2.57. The van der Waals surface area contributed by atoms with Crippen molar-refractivity contribution in [3.8, 4) is 0 Å². The van der Waals surface area contributed by atoms with Crippen molar-refractivity contribution in [3.05, 3.63) is 171 Å². The number of hydrogen-bond acceptors (Lipinski definition) is 2. The molecule has 2 nitrogen and oxygen atoms in total. The second kappa shape index (κ2) is 9.01. The van der Waals surface area contributed by atoms with Gasteiger partial charge in [0, 0.05) is 17.1 Å². The lowest BCUT2D eigenvalue weighted by Crippen LogP contribution is -2.53. The lowest BCUT2D eigenvalue weighted by Gasteiger charge is -2.48. The minimum atomic E-state index is -2.30. The number of rotatable bonds is 2. The number of aliphatic hydroxyl groups is 2. The average molecular weight is 563 g/mol. The summed E-state index contributed by atoms with van der Waals surface area (Å²) in [5, 5.41) is 29.3. The Labute approximate surface area is 248 Å². The predicted molar refractivity (Wildman–Crippen MR) is 174 cm³/mol. The first-order valence-corrected chi connectivity index (χ1v) is 18.1. The summed E-state index contributed by atoms with van der Waals surface area (Å²) < 4.78 is 0. The van der Waals surface area contributed by atoms with Crippen molar-refractivity contribution in [1.82, 2.24) is 0 Å². The van der Waals surface area contributed by atoms with E-state index >= 15 is 0 Å². The molecule has 2 N–H and O–H groups in total. The molecule has 5 aliphatic carbocycles. The van der Waals surface area contributed by atoms with E-state index in [4.69, 9.17) is 0 Å². The maximum atomic E-state index is 13.4. The largest absolute Gasteiger partial charge is 0.376 e. The molecule has 3 atom stereocenters. The molecule has 2 aromatic carbocycles. The first kappa shape index (κ1) is 25.7. The lowest BCUT2D eigenvalue weighted by atomic mass is 9.62. The molecule has 0 spiro atoms. The molecule has 0 fully saturated rings. The van der Waals surface area contributed by atoms with Crippen LogP contribution < -0.4 is 5.19 Å². The minimum Gasteiger partial charge on any atom is -0.376 e. The van der Waals surface area contributed by atoms with Crippen LogP contribution in [0.5, 0.6) is 0 Å². The third kappa shape index (κ3) is 3.28. The van der Waals surface area contributed by atoms with E-state index in [0.29, 0.717) is 17.1 Å². The van der Waals surface area contributed by atoms with Crippen LogP contribution in [-0.4, -0.2) is 18.3 Å². The van der Waals surface area contributed by atoms with Crippen LogP contribution in [0.4, 0.5) is 0 Å². The fourth-order valence-corrected chi connectivity index (χ4v) is 12.0. The van der Waals surface area contributed by atoms with Crippen LogP contribution in [0.1, 0.15) is 41.5 Å². The second-order valence-electron chi connectivity index (χ2n) is 12.7. The summed E-state index contributed by atoms with van der Waals surface area (Å²) in [6.07, 6.45) is 28.2. The highest BCUT2D eigenvalue weighted by molar-refractivity contribution is 6.99. The molecule has 1 aliphatic heterocycles. The van der Waals surface area contributed by atoms with E-state index in [1.807, 2.05) is 54.6 Å². The molecule has 3 heteroatoms. The number of fused-ring (bicyclic) bond motifs is 5. The van der Waals surface area contributed by atoms with Gasteiger partial charge in [0.2, 0.25) is 0 Å². The summed E-state index contributed by atoms with van der Waals surface area (Å²) >= 11 is 0. The summed E-state index contributed by atoms with van der Waals surface area (Å²) in [6.45, 7) is 4.87. The first-order valence-electron chi connectivity index (χ1n) is 15.1. The third-order valence-electron chi connectivity index (χ3n) is 10.2. The number of hydrogen-bond donors (Lipinski definition) is 2. The average Bonchev–Trinajstić information content (AvgIpc) is 3.18. The molecule has 0 amide bonds. The van der Waals surface area contributed by atoms with Crippen LogP contribution in [0.25, 0.3) is 5.57 Å². The van der Waals surface area contributed by atoms with E-state index in [0.717, 1.165) is 41.5 Å². The van der Waals surface area contributed by atoms with Gasteiger partial charge in [0.1, 0.15) is 19.3 Å². The van der Waals surface area contributed by atoms with E-state index in [-0.39, 0.29) is 0 Å². The zero-order chi connectivity index (χ0) is 28.7. The maximum absolute atomic E-state index is 13.4. The van der Waals surface area contributed by atoms with Gasteiger partial charge in [-0.05, 0) is 75.6 Å². The molecular formula is C39H34O2Si. The molecule has 0 aromatic heterocycles. The Balaban J connectivity index is 1.50. The van der Waals surface area contributed by atoms with Gasteiger partial charge < -0.3 is 10.2 Å². The maximum Gasteiger partial charge on any atom is 0.141 e. The van der Waals surface area contributed by atoms with Gasteiger partial charge in [0.15, 0.2) is 0 Å². The van der Waals surface area contributed by atoms with Gasteiger partial charge in [0.25, 0.3) is 0 Å². The van der Waals surface area contributed by atoms with Crippen molar-refractivity contribution in [1.29, 1.82) is 0 Å². The summed E-state index contributed by atoms with van der Waals surface area (Å²) in [5.74, 6) is 0.391. The predicted octanol–water partition coefficient (Wildman–Crippen LogP) is 7.27. The molecular weight excluding hydrogens is 529 g/mol. The quantitative estimate of drug-likeness (QED) is 0.299. The molecule has 0 bridgehead atoms. The number of benzene rings is 2. The Morgan fingerprint density at radius 2 is 1.74 bits per heavy atom. The molecule has 0 saturated heterocycles. The van der Waals surface area contributed by atoms with Gasteiger partial charge in [-0.25, -0.2) is 0 Å². The van der Waals surface area contributed by atoms with Crippen molar-refractivity contribution in [2.45, 2.75) is 43.6 Å². The van der Waals surface area contributed by atoms with Gasteiger partial charge in [-0.1, -0.05) is 122 Å². The summed E-state index contributed by atoms with van der Waals surface area (Å²) in [7, 11) is -2.30. The van der Waals surface area contributed by atoms with E-state index < -0.39 is 19.3 Å². The first-order chi connectivity index (χ1) is 20.4. The van der Waals surface area contributed by atoms with Gasteiger partial charge in [-0.3, -0.25) is 0 Å². The summed E-state index contributed by atoms with van der Waals surface area (Å²) in [6, 6.07) is 14.4. The zero-order valence-corrected chi connectivity index (χ0v) is 25.1. The van der Waals surface area contributed by atoms with Crippen LogP contribution in [-0.2, 0) is 11.2 Å². The Morgan fingerprint density at radius 1 is 0.881 bits per heavy atom. The van der Waals surface area contributed by atoms with Crippen molar-refractivity contribution in [2.24, 2.45) is 5.92 Å². The van der Waals surface area contributed by atoms with Crippen LogP contribution >= 0.6 is 0 Å². The molecule has 206 valence electrons. The second-order valence-corrected chi connectivity index (χ2v) is 17.1. The molecule has 0 radical (unpaired) electrons. The molecule has 0 saturated carbocycles. The summed E-state index contributed by atoms with van der Waals surface area (Å²) in [4.78, 5) is 0. The summed E-state index contributed by atoms with van der Waals surface area (Å²) in [5.41, 5.74) is 9.03. The van der Waals surface area contributed by atoms with Crippen molar-refractivity contribution >= 4 is 18.8 Å². The van der Waals surface area contributed by atoms with Crippen LogP contribution in [0.15, 0.2) is 149 Å². The molecule has 2 aromatic rings. The molecule has 3 unspecified atom stereocenters. The standard InChI is InChI=1S/C39H34O2Si/c1-42(2)35-25-27-15-13-12-14-26(27)24-31(35)30-22-23-34-36(37(30)42)39(41,29-18-8-4-9-19-29)33-21-11-5-10-20-32(33)38(34,40)28-16-6-3-7-17-28/h4-6,8-10,12-24,27,40-41H,3,7,25H2,1-2H3. The van der Waals surface area contributed by atoms with E-state index in [2.05, 4.69) is 79.6 Å². The van der Waals surface area contributed by atoms with Gasteiger partial charge in [-0.2, -0.15) is 0 Å². The molecule has 1 heterocycles. The lowest BCUT2D eigenvalue weighted by molar-refractivity contribution is 0.0765. The van der Waals surface area contributed by atoms with Crippen LogP contribution in [0.3, 0.4) is 0 Å². The SMILES string of the molecule is C[Si]1(C)C2=C(C=C3C=CC=CC3C2)c2ccc3c(c21)C(O)(c1ccccc1)C1=C(C=CC=C=C1)C3(O)C1=CCCC=C1. The number of allylic oxidation sites excluding steroid dienone is 11. The van der Waals surface area contributed by atoms with Crippen molar-refractivity contribution < 1.29 is 10.2 Å². The van der Waals surface area contributed by atoms with Gasteiger partial charge in [-0.15, -0.1) is 5.73 Å². The van der Waals surface area contributed by atoms with E-state index in [1.165, 1.54) is 27.1 Å². The Hall–Kier alpha value is -3.98. The van der Waals surface area contributed by atoms with Crippen LogP contribution in [0, 0.1) is 5.92 Å². The Morgan fingerprint density at radius 3 is 2.55 bits per heavy atom. The fraction of sp³-hybridized carbons (Fsp3) is 0.205. The third-order valence-corrected chi connectivity index (χ3v) is 14.0. The fourth-order valence-electron chi connectivity index (χ4n) is 8.23. The highest BCUT2D eigenvalue weighted by Gasteiger charge is 2.56. The van der Waals surface area contributed by atoms with Crippen molar-refractivity contribution in [3.63, 3.8) is 0 Å². The van der Waals surface area contributed by atoms with E-state index in [1.54, 1.807) is 0 Å². The highest BCUT2D eigenvalue weighted by atomic mass is 28.3.